The molecule has 12 heteroatoms. The van der Waals surface area contributed by atoms with E-state index in [1.807, 2.05) is 13.8 Å². The molecule has 0 saturated heterocycles. The van der Waals surface area contributed by atoms with Crippen molar-refractivity contribution in [3.8, 4) is 5.95 Å². The highest BCUT2D eigenvalue weighted by Crippen LogP contribution is 2.08. The van der Waals surface area contributed by atoms with E-state index in [4.69, 9.17) is 0 Å². The van der Waals surface area contributed by atoms with Gasteiger partial charge in [0, 0.05) is 13.1 Å². The number of H-pyrrole nitrogens is 1. The Balaban J connectivity index is 2.40. The number of amides is 1. The number of carbonyl (C=O) groups excluding carboxylic acids is 1. The fraction of sp³-hybridized carbons (Fsp3) is 0.455. The zero-order valence-electron chi connectivity index (χ0n) is 12.9. The second kappa shape index (κ2) is 7.20. The molecule has 4 N–H and O–H groups in total. The Morgan fingerprint density at radius 2 is 1.78 bits per heavy atom. The molecule has 2 aromatic rings. The number of aromatic nitrogens is 6. The molecule has 0 aliphatic rings. The molecule has 0 saturated carbocycles. The molecule has 0 spiro atoms. The summed E-state index contributed by atoms with van der Waals surface area (Å²) in [5, 5.41) is 12.0. The third kappa shape index (κ3) is 3.93. The van der Waals surface area contributed by atoms with Crippen LogP contribution in [0.25, 0.3) is 5.95 Å². The Morgan fingerprint density at radius 1 is 1.17 bits per heavy atom. The summed E-state index contributed by atoms with van der Waals surface area (Å²) in [6.07, 6.45) is -0.761. The van der Waals surface area contributed by atoms with E-state index in [9.17, 15) is 9.59 Å². The summed E-state index contributed by atoms with van der Waals surface area (Å²) in [4.78, 5) is 37.8. The van der Waals surface area contributed by atoms with E-state index in [-0.39, 0.29) is 11.9 Å². The summed E-state index contributed by atoms with van der Waals surface area (Å²) in [6.45, 7) is 4.96. The number of hydrogen-bond acceptors (Lipinski definition) is 9. The van der Waals surface area contributed by atoms with E-state index in [1.54, 1.807) is 0 Å². The van der Waals surface area contributed by atoms with Crippen LogP contribution in [0, 0.1) is 0 Å². The van der Waals surface area contributed by atoms with Crippen molar-refractivity contribution >= 4 is 23.9 Å². The lowest BCUT2D eigenvalue weighted by Gasteiger charge is -2.07. The Morgan fingerprint density at radius 3 is 2.30 bits per heavy atom. The van der Waals surface area contributed by atoms with Crippen molar-refractivity contribution < 1.29 is 9.53 Å². The summed E-state index contributed by atoms with van der Waals surface area (Å²) in [5.74, 6) is 0.514. The van der Waals surface area contributed by atoms with Gasteiger partial charge in [-0.2, -0.15) is 15.0 Å². The highest BCUT2D eigenvalue weighted by Gasteiger charge is 2.14. The maximum atomic E-state index is 12.0. The quantitative estimate of drug-likeness (QED) is 0.565. The van der Waals surface area contributed by atoms with E-state index in [0.29, 0.717) is 25.0 Å². The van der Waals surface area contributed by atoms with Crippen LogP contribution >= 0.6 is 0 Å². The van der Waals surface area contributed by atoms with Gasteiger partial charge in [0.2, 0.25) is 17.8 Å². The molecule has 0 aromatic carbocycles. The SMILES string of the molecule is CCNc1nc(NCC)nc(-n2nc(NC(=O)OC)[nH]c2=O)n1. The number of rotatable bonds is 6. The molecule has 2 aromatic heterocycles. The summed E-state index contributed by atoms with van der Waals surface area (Å²) in [6, 6.07) is 0. The molecule has 2 heterocycles. The molecule has 0 aliphatic heterocycles. The van der Waals surface area contributed by atoms with Gasteiger partial charge in [-0.3, -0.25) is 10.3 Å². The zero-order valence-corrected chi connectivity index (χ0v) is 12.9. The number of hydrogen-bond donors (Lipinski definition) is 4. The van der Waals surface area contributed by atoms with Crippen LogP contribution in [0.5, 0.6) is 0 Å². The summed E-state index contributed by atoms with van der Waals surface area (Å²) >= 11 is 0. The summed E-state index contributed by atoms with van der Waals surface area (Å²) < 4.78 is 5.34. The van der Waals surface area contributed by atoms with Crippen LogP contribution in [-0.2, 0) is 4.74 Å². The van der Waals surface area contributed by atoms with Gasteiger partial charge in [-0.05, 0) is 13.8 Å². The van der Waals surface area contributed by atoms with Gasteiger partial charge >= 0.3 is 11.8 Å². The van der Waals surface area contributed by atoms with Gasteiger partial charge in [0.1, 0.15) is 0 Å². The van der Waals surface area contributed by atoms with Crippen molar-refractivity contribution in [2.45, 2.75) is 13.8 Å². The average molecular weight is 323 g/mol. The normalized spacial score (nSPS) is 10.2. The smallest absolute Gasteiger partial charge is 0.413 e. The number of aromatic amines is 1. The molecule has 0 aliphatic carbocycles. The fourth-order valence-corrected chi connectivity index (χ4v) is 1.60. The van der Waals surface area contributed by atoms with Crippen LogP contribution in [0.2, 0.25) is 0 Å². The second-order valence-electron chi connectivity index (χ2n) is 4.15. The monoisotopic (exact) mass is 323 g/mol. The topological polar surface area (TPSA) is 152 Å². The predicted molar refractivity (Wildman–Crippen MR) is 81.9 cm³/mol. The molecular weight excluding hydrogens is 306 g/mol. The second-order valence-corrected chi connectivity index (χ2v) is 4.15. The molecule has 0 radical (unpaired) electrons. The number of nitrogens with zero attached hydrogens (tertiary/aromatic N) is 5. The minimum atomic E-state index is -0.761. The van der Waals surface area contributed by atoms with Crippen molar-refractivity contribution in [3.63, 3.8) is 0 Å². The Bertz CT molecular complexity index is 714. The van der Waals surface area contributed by atoms with Crippen molar-refractivity contribution in [1.82, 2.24) is 29.7 Å². The number of ether oxygens (including phenoxy) is 1. The number of carbonyl (C=O) groups is 1. The molecule has 23 heavy (non-hydrogen) atoms. The third-order valence-corrected chi connectivity index (χ3v) is 2.51. The van der Waals surface area contributed by atoms with Gasteiger partial charge in [-0.15, -0.1) is 9.78 Å². The highest BCUT2D eigenvalue weighted by molar-refractivity contribution is 5.81. The van der Waals surface area contributed by atoms with Crippen LogP contribution < -0.4 is 21.6 Å². The van der Waals surface area contributed by atoms with E-state index >= 15 is 0 Å². The third-order valence-electron chi connectivity index (χ3n) is 2.51. The molecular formula is C11H17N9O3. The predicted octanol–water partition coefficient (Wildman–Crippen LogP) is -0.212. The average Bonchev–Trinajstić information content (AvgIpc) is 2.88. The van der Waals surface area contributed by atoms with Crippen LogP contribution in [0.15, 0.2) is 4.79 Å². The molecule has 124 valence electrons. The van der Waals surface area contributed by atoms with E-state index in [0.717, 1.165) is 4.68 Å². The molecule has 0 bridgehead atoms. The molecule has 1 amide bonds. The first-order chi connectivity index (χ1) is 11.1. The van der Waals surface area contributed by atoms with Crippen molar-refractivity contribution in [3.05, 3.63) is 10.5 Å². The first-order valence-electron chi connectivity index (χ1n) is 6.85. The van der Waals surface area contributed by atoms with Crippen LogP contribution in [0.4, 0.5) is 22.6 Å². The van der Waals surface area contributed by atoms with Gasteiger partial charge in [0.05, 0.1) is 7.11 Å². The fourth-order valence-electron chi connectivity index (χ4n) is 1.60. The Labute approximate surface area is 130 Å². The number of anilines is 3. The van der Waals surface area contributed by atoms with Gasteiger partial charge in [0.15, 0.2) is 0 Å². The van der Waals surface area contributed by atoms with Crippen LogP contribution in [-0.4, -0.2) is 56.0 Å². The first kappa shape index (κ1) is 16.2. The highest BCUT2D eigenvalue weighted by atomic mass is 16.5. The van der Waals surface area contributed by atoms with Crippen LogP contribution in [0.1, 0.15) is 13.8 Å². The molecule has 0 atom stereocenters. The van der Waals surface area contributed by atoms with Crippen LogP contribution in [0.3, 0.4) is 0 Å². The first-order valence-corrected chi connectivity index (χ1v) is 6.85. The van der Waals surface area contributed by atoms with Gasteiger partial charge < -0.3 is 15.4 Å². The van der Waals surface area contributed by atoms with E-state index in [1.165, 1.54) is 7.11 Å². The Kier molecular flexibility index (Phi) is 5.07. The lowest BCUT2D eigenvalue weighted by atomic mass is 10.7. The lowest BCUT2D eigenvalue weighted by Crippen LogP contribution is -2.21. The van der Waals surface area contributed by atoms with Gasteiger partial charge in [-0.1, -0.05) is 0 Å². The molecule has 2 rings (SSSR count). The number of nitrogens with one attached hydrogen (secondary N) is 4. The number of methoxy groups -OCH3 is 1. The summed E-state index contributed by atoms with van der Waals surface area (Å²) in [7, 11) is 1.20. The maximum absolute atomic E-state index is 12.0. The largest absolute Gasteiger partial charge is 0.453 e. The van der Waals surface area contributed by atoms with Crippen molar-refractivity contribution in [1.29, 1.82) is 0 Å². The van der Waals surface area contributed by atoms with Gasteiger partial charge in [-0.25, -0.2) is 9.59 Å². The minimum Gasteiger partial charge on any atom is -0.453 e. The lowest BCUT2D eigenvalue weighted by molar-refractivity contribution is 0.186. The molecule has 0 fully saturated rings. The van der Waals surface area contributed by atoms with Gasteiger partial charge in [0.25, 0.3) is 5.95 Å². The standard InChI is InChI=1S/C11H17N9O3/c1-4-12-6-14-7(13-5-2)16-9(15-6)20-10(21)17-8(19-20)18-11(22)23-3/h4-5H2,1-3H3,(H2,12,13,14,15,16)(H2,17,18,19,21,22). The summed E-state index contributed by atoms with van der Waals surface area (Å²) in [5.41, 5.74) is -0.618. The zero-order chi connectivity index (χ0) is 16.8. The molecule has 0 unspecified atom stereocenters. The minimum absolute atomic E-state index is 0.00562. The van der Waals surface area contributed by atoms with E-state index < -0.39 is 11.8 Å². The maximum Gasteiger partial charge on any atom is 0.413 e. The molecule has 12 nitrogen and oxygen atoms in total. The van der Waals surface area contributed by atoms with E-state index in [2.05, 4.69) is 45.7 Å². The Hall–Kier alpha value is -3.18. The van der Waals surface area contributed by atoms with Crippen molar-refractivity contribution in [2.24, 2.45) is 0 Å². The van der Waals surface area contributed by atoms with Crippen molar-refractivity contribution in [2.75, 3.05) is 36.1 Å².